The molecule has 6 nitrogen and oxygen atoms in total. The number of aromatic nitrogens is 2. The zero-order valence-electron chi connectivity index (χ0n) is 17.9. The number of anilines is 2. The van der Waals surface area contributed by atoms with E-state index in [-0.39, 0.29) is 11.5 Å². The summed E-state index contributed by atoms with van der Waals surface area (Å²) in [7, 11) is 0. The van der Waals surface area contributed by atoms with Crippen LogP contribution < -0.4 is 16.0 Å². The van der Waals surface area contributed by atoms with Crippen molar-refractivity contribution < 1.29 is 18.0 Å². The van der Waals surface area contributed by atoms with Gasteiger partial charge in [-0.3, -0.25) is 4.79 Å². The quantitative estimate of drug-likeness (QED) is 0.696. The molecule has 1 aromatic carbocycles. The van der Waals surface area contributed by atoms with Crippen LogP contribution in [0.1, 0.15) is 57.2 Å². The Balaban J connectivity index is 1.80. The van der Waals surface area contributed by atoms with Crippen molar-refractivity contribution in [3.05, 3.63) is 47.8 Å². The largest absolute Gasteiger partial charge is 0.416 e. The van der Waals surface area contributed by atoms with Gasteiger partial charge in [0.15, 0.2) is 0 Å². The summed E-state index contributed by atoms with van der Waals surface area (Å²) in [5.41, 5.74) is 5.60. The smallest absolute Gasteiger partial charge is 0.368 e. The molecule has 1 amide bonds. The molecule has 0 radical (unpaired) electrons. The number of nitrogens with one attached hydrogen (secondary N) is 1. The molecule has 3 N–H and O–H groups in total. The van der Waals surface area contributed by atoms with Crippen LogP contribution in [0.5, 0.6) is 0 Å². The van der Waals surface area contributed by atoms with E-state index >= 15 is 0 Å². The third-order valence-electron chi connectivity index (χ3n) is 5.30. The number of primary amides is 1. The molecule has 0 saturated carbocycles. The molecule has 1 saturated heterocycles. The summed E-state index contributed by atoms with van der Waals surface area (Å²) in [6.45, 7) is 6.79. The molecule has 0 bridgehead atoms. The van der Waals surface area contributed by atoms with Crippen molar-refractivity contribution in [3.8, 4) is 0 Å². The number of nitrogens with zero attached hydrogens (tertiary/aromatic N) is 3. The van der Waals surface area contributed by atoms with Crippen LogP contribution in [-0.2, 0) is 11.0 Å². The Morgan fingerprint density at radius 1 is 1.23 bits per heavy atom. The van der Waals surface area contributed by atoms with Crippen molar-refractivity contribution in [3.63, 3.8) is 0 Å². The first-order valence-corrected chi connectivity index (χ1v) is 10.3. The second-order valence-corrected chi connectivity index (χ2v) is 9.10. The van der Waals surface area contributed by atoms with Crippen LogP contribution in [0.25, 0.3) is 0 Å². The van der Waals surface area contributed by atoms with E-state index in [1.54, 1.807) is 6.07 Å². The van der Waals surface area contributed by atoms with Gasteiger partial charge < -0.3 is 16.0 Å². The Morgan fingerprint density at radius 2 is 1.90 bits per heavy atom. The fourth-order valence-electron chi connectivity index (χ4n) is 3.88. The predicted molar refractivity (Wildman–Crippen MR) is 113 cm³/mol. The standard InChI is InChI=1S/C22H28F3N5O/c1-21(2,3)12-16(20(26)31)29-18-11-19(28-13-27-18)30-10-4-5-17(30)14-6-8-15(9-7-14)22(23,24)25/h6-9,11,13,16-17H,4-5,10,12H2,1-3H3,(H2,26,31)(H,27,28,29). The van der Waals surface area contributed by atoms with Crippen LogP contribution in [0.2, 0.25) is 0 Å². The average Bonchev–Trinajstić information content (AvgIpc) is 3.16. The van der Waals surface area contributed by atoms with Gasteiger partial charge in [0.25, 0.3) is 0 Å². The molecule has 168 valence electrons. The topological polar surface area (TPSA) is 84.1 Å². The van der Waals surface area contributed by atoms with Crippen molar-refractivity contribution in [2.75, 3.05) is 16.8 Å². The monoisotopic (exact) mass is 435 g/mol. The summed E-state index contributed by atoms with van der Waals surface area (Å²) in [4.78, 5) is 22.5. The Bertz CT molecular complexity index is 909. The Morgan fingerprint density at radius 3 is 2.48 bits per heavy atom. The first-order valence-electron chi connectivity index (χ1n) is 10.3. The molecule has 2 aromatic rings. The fourth-order valence-corrected chi connectivity index (χ4v) is 3.88. The second kappa shape index (κ2) is 8.72. The summed E-state index contributed by atoms with van der Waals surface area (Å²) >= 11 is 0. The lowest BCUT2D eigenvalue weighted by atomic mass is 9.88. The molecule has 1 aliphatic rings. The number of rotatable bonds is 6. The lowest BCUT2D eigenvalue weighted by Gasteiger charge is -2.28. The SMILES string of the molecule is CC(C)(C)CC(Nc1cc(N2CCCC2c2ccc(C(F)(F)F)cc2)ncn1)C(N)=O. The number of hydrogen-bond donors (Lipinski definition) is 2. The van der Waals surface area contributed by atoms with Crippen LogP contribution in [0, 0.1) is 5.41 Å². The highest BCUT2D eigenvalue weighted by Crippen LogP contribution is 2.37. The van der Waals surface area contributed by atoms with Gasteiger partial charge in [-0.1, -0.05) is 32.9 Å². The molecule has 9 heteroatoms. The molecule has 2 unspecified atom stereocenters. The van der Waals surface area contributed by atoms with Crippen molar-refractivity contribution in [1.82, 2.24) is 9.97 Å². The molecule has 1 fully saturated rings. The highest BCUT2D eigenvalue weighted by atomic mass is 19.4. The maximum absolute atomic E-state index is 12.9. The molecular formula is C22H28F3N5O. The number of amides is 1. The number of halogens is 3. The van der Waals surface area contributed by atoms with E-state index < -0.39 is 23.7 Å². The molecule has 2 atom stereocenters. The van der Waals surface area contributed by atoms with E-state index in [1.807, 2.05) is 20.8 Å². The molecule has 3 rings (SSSR count). The highest BCUT2D eigenvalue weighted by Gasteiger charge is 2.32. The Kier molecular flexibility index (Phi) is 6.43. The molecule has 1 aromatic heterocycles. The summed E-state index contributed by atoms with van der Waals surface area (Å²) in [5, 5.41) is 3.10. The minimum absolute atomic E-state index is 0.0773. The number of carbonyl (C=O) groups excluding carboxylic acids is 1. The molecule has 0 spiro atoms. The highest BCUT2D eigenvalue weighted by molar-refractivity contribution is 5.82. The third kappa shape index (κ3) is 5.86. The van der Waals surface area contributed by atoms with Gasteiger partial charge in [-0.25, -0.2) is 9.97 Å². The molecular weight excluding hydrogens is 407 g/mol. The van der Waals surface area contributed by atoms with Crippen molar-refractivity contribution in [2.24, 2.45) is 11.1 Å². The summed E-state index contributed by atoms with van der Waals surface area (Å²) in [5.74, 6) is 0.675. The molecule has 31 heavy (non-hydrogen) atoms. The molecule has 2 heterocycles. The number of benzene rings is 1. The van der Waals surface area contributed by atoms with Crippen LogP contribution in [0.4, 0.5) is 24.8 Å². The maximum Gasteiger partial charge on any atom is 0.416 e. The van der Waals surface area contributed by atoms with E-state index in [1.165, 1.54) is 18.5 Å². The van der Waals surface area contributed by atoms with Crippen LogP contribution in [0.15, 0.2) is 36.7 Å². The van der Waals surface area contributed by atoms with Gasteiger partial charge in [0.1, 0.15) is 24.0 Å². The summed E-state index contributed by atoms with van der Waals surface area (Å²) < 4.78 is 38.6. The Labute approximate surface area is 180 Å². The Hall–Kier alpha value is -2.84. The molecule has 0 aliphatic carbocycles. The van der Waals surface area contributed by atoms with Crippen molar-refractivity contribution in [1.29, 1.82) is 0 Å². The van der Waals surface area contributed by atoms with Gasteiger partial charge in [0.2, 0.25) is 5.91 Å². The third-order valence-corrected chi connectivity index (χ3v) is 5.30. The van der Waals surface area contributed by atoms with E-state index in [9.17, 15) is 18.0 Å². The fraction of sp³-hybridized carbons (Fsp3) is 0.500. The van der Waals surface area contributed by atoms with Gasteiger partial charge in [0.05, 0.1) is 11.6 Å². The first kappa shape index (κ1) is 22.8. The summed E-state index contributed by atoms with van der Waals surface area (Å²) in [6.07, 6.45) is -0.696. The normalized spacial score (nSPS) is 18.1. The van der Waals surface area contributed by atoms with Crippen LogP contribution >= 0.6 is 0 Å². The van der Waals surface area contributed by atoms with E-state index in [0.717, 1.165) is 37.1 Å². The number of alkyl halides is 3. The average molecular weight is 435 g/mol. The van der Waals surface area contributed by atoms with Crippen molar-refractivity contribution >= 4 is 17.5 Å². The van der Waals surface area contributed by atoms with Gasteiger partial charge in [-0.2, -0.15) is 13.2 Å². The van der Waals surface area contributed by atoms with E-state index in [4.69, 9.17) is 5.73 Å². The lowest BCUT2D eigenvalue weighted by molar-refractivity contribution is -0.137. The number of carbonyl (C=O) groups is 1. The lowest BCUT2D eigenvalue weighted by Crippen LogP contribution is -2.38. The number of nitrogens with two attached hydrogens (primary N) is 1. The maximum atomic E-state index is 12.9. The van der Waals surface area contributed by atoms with Gasteiger partial charge >= 0.3 is 6.18 Å². The number of hydrogen-bond acceptors (Lipinski definition) is 5. The minimum Gasteiger partial charge on any atom is -0.368 e. The zero-order chi connectivity index (χ0) is 22.8. The van der Waals surface area contributed by atoms with Gasteiger partial charge in [-0.05, 0) is 42.4 Å². The van der Waals surface area contributed by atoms with Gasteiger partial charge in [-0.15, -0.1) is 0 Å². The van der Waals surface area contributed by atoms with E-state index in [0.29, 0.717) is 18.1 Å². The molecule has 1 aliphatic heterocycles. The first-order chi connectivity index (χ1) is 14.4. The minimum atomic E-state index is -4.36. The van der Waals surface area contributed by atoms with Gasteiger partial charge in [0, 0.05) is 12.6 Å². The predicted octanol–water partition coefficient (Wildman–Crippen LogP) is 4.54. The zero-order valence-corrected chi connectivity index (χ0v) is 17.9. The van der Waals surface area contributed by atoms with Crippen LogP contribution in [0.3, 0.4) is 0 Å². The van der Waals surface area contributed by atoms with Crippen molar-refractivity contribution in [2.45, 2.75) is 58.3 Å². The van der Waals surface area contributed by atoms with E-state index in [2.05, 4.69) is 20.2 Å². The summed E-state index contributed by atoms with van der Waals surface area (Å²) in [6, 6.07) is 6.38. The second-order valence-electron chi connectivity index (χ2n) is 9.10. The van der Waals surface area contributed by atoms with Crippen LogP contribution in [-0.4, -0.2) is 28.5 Å².